The van der Waals surface area contributed by atoms with Crippen molar-refractivity contribution in [3.8, 4) is 5.75 Å². The summed E-state index contributed by atoms with van der Waals surface area (Å²) in [7, 11) is 0. The summed E-state index contributed by atoms with van der Waals surface area (Å²) in [5.74, 6) is 1.93. The van der Waals surface area contributed by atoms with E-state index in [0.717, 1.165) is 31.2 Å². The van der Waals surface area contributed by atoms with E-state index >= 15 is 0 Å². The number of fused-ring (bicyclic) bond motifs is 1. The van der Waals surface area contributed by atoms with Crippen LogP contribution in [0.5, 0.6) is 5.75 Å². The molecule has 0 heterocycles. The molecule has 4 rings (SSSR count). The Kier molecular flexibility index (Phi) is 4.80. The third-order valence-corrected chi connectivity index (χ3v) is 5.71. The van der Waals surface area contributed by atoms with Gasteiger partial charge in [-0.3, -0.25) is 0 Å². The van der Waals surface area contributed by atoms with E-state index in [9.17, 15) is 0 Å². The summed E-state index contributed by atoms with van der Waals surface area (Å²) in [6.07, 6.45) is 7.46. The summed E-state index contributed by atoms with van der Waals surface area (Å²) in [6.45, 7) is 4.38. The van der Waals surface area contributed by atoms with Gasteiger partial charge in [-0.1, -0.05) is 36.4 Å². The average Bonchev–Trinajstić information content (AvgIpc) is 3.35. The standard InChI is InChI=1S/C23H29NO/c1-23(21-8-3-2-4-9-21,14-15-24-17-18-10-11-18)25-22-13-12-19-6-5-7-20(19)16-22/h2-4,8-9,12-13,16,18,24H,5-7,10-11,14-15,17H2,1H3. The maximum Gasteiger partial charge on any atom is 0.132 e. The quantitative estimate of drug-likeness (QED) is 0.696. The SMILES string of the molecule is CC(CCNCC1CC1)(Oc1ccc2c(c1)CCC2)c1ccccc1. The first kappa shape index (κ1) is 16.7. The van der Waals surface area contributed by atoms with Gasteiger partial charge in [0, 0.05) is 6.42 Å². The lowest BCUT2D eigenvalue weighted by molar-refractivity contribution is 0.0769. The molecule has 25 heavy (non-hydrogen) atoms. The summed E-state index contributed by atoms with van der Waals surface area (Å²) in [5.41, 5.74) is 3.92. The number of hydrogen-bond donors (Lipinski definition) is 1. The van der Waals surface area contributed by atoms with Crippen molar-refractivity contribution in [1.29, 1.82) is 0 Å². The van der Waals surface area contributed by atoms with Gasteiger partial charge in [0.25, 0.3) is 0 Å². The highest BCUT2D eigenvalue weighted by atomic mass is 16.5. The van der Waals surface area contributed by atoms with Gasteiger partial charge in [-0.25, -0.2) is 0 Å². The number of ether oxygens (including phenoxy) is 1. The molecule has 0 spiro atoms. The Morgan fingerprint density at radius 3 is 2.64 bits per heavy atom. The molecule has 1 N–H and O–H groups in total. The van der Waals surface area contributed by atoms with Gasteiger partial charge in [-0.15, -0.1) is 0 Å². The number of benzene rings is 2. The highest BCUT2D eigenvalue weighted by molar-refractivity contribution is 5.39. The Labute approximate surface area is 151 Å². The fourth-order valence-corrected chi connectivity index (χ4v) is 3.87. The van der Waals surface area contributed by atoms with Crippen molar-refractivity contribution in [2.24, 2.45) is 5.92 Å². The van der Waals surface area contributed by atoms with Crippen LogP contribution in [0.2, 0.25) is 0 Å². The van der Waals surface area contributed by atoms with E-state index in [-0.39, 0.29) is 5.60 Å². The second-order valence-corrected chi connectivity index (χ2v) is 7.88. The molecule has 2 heteroatoms. The molecule has 1 saturated carbocycles. The largest absolute Gasteiger partial charge is 0.483 e. The zero-order chi connectivity index (χ0) is 17.1. The van der Waals surface area contributed by atoms with E-state index in [1.165, 1.54) is 48.8 Å². The summed E-state index contributed by atoms with van der Waals surface area (Å²) in [6, 6.07) is 17.3. The van der Waals surface area contributed by atoms with E-state index in [0.29, 0.717) is 0 Å². The lowest BCUT2D eigenvalue weighted by Crippen LogP contribution is -2.34. The monoisotopic (exact) mass is 335 g/mol. The molecule has 2 aromatic carbocycles. The van der Waals surface area contributed by atoms with Gasteiger partial charge in [0.15, 0.2) is 0 Å². The topological polar surface area (TPSA) is 21.3 Å². The first-order chi connectivity index (χ1) is 12.2. The highest BCUT2D eigenvalue weighted by Gasteiger charge is 2.29. The van der Waals surface area contributed by atoms with Crippen LogP contribution in [0.1, 0.15) is 49.3 Å². The zero-order valence-electron chi connectivity index (χ0n) is 15.3. The van der Waals surface area contributed by atoms with Gasteiger partial charge < -0.3 is 10.1 Å². The maximum absolute atomic E-state index is 6.60. The van der Waals surface area contributed by atoms with Crippen molar-refractivity contribution in [2.45, 2.75) is 51.0 Å². The van der Waals surface area contributed by atoms with Gasteiger partial charge >= 0.3 is 0 Å². The van der Waals surface area contributed by atoms with Crippen molar-refractivity contribution in [3.05, 3.63) is 65.2 Å². The number of hydrogen-bond acceptors (Lipinski definition) is 2. The van der Waals surface area contributed by atoms with Crippen LogP contribution < -0.4 is 10.1 Å². The molecule has 1 fully saturated rings. The Morgan fingerprint density at radius 1 is 1.04 bits per heavy atom. The molecule has 0 aliphatic heterocycles. The third-order valence-electron chi connectivity index (χ3n) is 5.71. The summed E-state index contributed by atoms with van der Waals surface area (Å²) < 4.78 is 6.60. The lowest BCUT2D eigenvalue weighted by atomic mass is 9.92. The van der Waals surface area contributed by atoms with Gasteiger partial charge in [-0.05, 0) is 86.9 Å². The Hall–Kier alpha value is -1.80. The van der Waals surface area contributed by atoms with Gasteiger partial charge in [0.2, 0.25) is 0 Å². The molecule has 2 aliphatic carbocycles. The molecule has 0 saturated heterocycles. The summed E-state index contributed by atoms with van der Waals surface area (Å²) in [4.78, 5) is 0. The fraction of sp³-hybridized carbons (Fsp3) is 0.478. The minimum absolute atomic E-state index is 0.301. The first-order valence-corrected chi connectivity index (χ1v) is 9.80. The van der Waals surface area contributed by atoms with Crippen molar-refractivity contribution >= 4 is 0 Å². The Morgan fingerprint density at radius 2 is 1.84 bits per heavy atom. The maximum atomic E-state index is 6.60. The number of nitrogens with one attached hydrogen (secondary N) is 1. The predicted molar refractivity (Wildman–Crippen MR) is 103 cm³/mol. The first-order valence-electron chi connectivity index (χ1n) is 9.80. The van der Waals surface area contributed by atoms with E-state index in [1.54, 1.807) is 0 Å². The molecule has 1 atom stereocenters. The van der Waals surface area contributed by atoms with Crippen molar-refractivity contribution < 1.29 is 4.74 Å². The van der Waals surface area contributed by atoms with Crippen LogP contribution in [0.4, 0.5) is 0 Å². The molecule has 2 aromatic rings. The lowest BCUT2D eigenvalue weighted by Gasteiger charge is -2.32. The molecule has 2 nitrogen and oxygen atoms in total. The van der Waals surface area contributed by atoms with E-state index in [4.69, 9.17) is 4.74 Å². The number of aryl methyl sites for hydroxylation is 2. The summed E-state index contributed by atoms with van der Waals surface area (Å²) >= 11 is 0. The molecular formula is C23H29NO. The minimum Gasteiger partial charge on any atom is -0.483 e. The Balaban J connectivity index is 1.49. The van der Waals surface area contributed by atoms with E-state index in [2.05, 4.69) is 60.8 Å². The van der Waals surface area contributed by atoms with Gasteiger partial charge in [0.05, 0.1) is 0 Å². The molecule has 132 valence electrons. The second kappa shape index (κ2) is 7.21. The van der Waals surface area contributed by atoms with Gasteiger partial charge in [-0.2, -0.15) is 0 Å². The molecule has 0 radical (unpaired) electrons. The number of rotatable bonds is 8. The van der Waals surface area contributed by atoms with Crippen molar-refractivity contribution in [1.82, 2.24) is 5.32 Å². The van der Waals surface area contributed by atoms with Crippen LogP contribution in [0.25, 0.3) is 0 Å². The average molecular weight is 335 g/mol. The smallest absolute Gasteiger partial charge is 0.132 e. The van der Waals surface area contributed by atoms with Crippen LogP contribution in [0, 0.1) is 5.92 Å². The van der Waals surface area contributed by atoms with Crippen LogP contribution in [0.3, 0.4) is 0 Å². The molecule has 0 bridgehead atoms. The second-order valence-electron chi connectivity index (χ2n) is 7.88. The molecule has 2 aliphatic rings. The van der Waals surface area contributed by atoms with E-state index in [1.807, 2.05) is 0 Å². The van der Waals surface area contributed by atoms with E-state index < -0.39 is 0 Å². The zero-order valence-corrected chi connectivity index (χ0v) is 15.3. The molecule has 0 aromatic heterocycles. The predicted octanol–water partition coefficient (Wildman–Crippen LogP) is 4.86. The van der Waals surface area contributed by atoms with Crippen molar-refractivity contribution in [2.75, 3.05) is 13.1 Å². The molecule has 1 unspecified atom stereocenters. The van der Waals surface area contributed by atoms with Crippen LogP contribution in [-0.2, 0) is 18.4 Å². The minimum atomic E-state index is -0.301. The normalized spacial score (nSPS) is 18.6. The molecular weight excluding hydrogens is 306 g/mol. The van der Waals surface area contributed by atoms with Crippen LogP contribution in [-0.4, -0.2) is 13.1 Å². The van der Waals surface area contributed by atoms with Crippen molar-refractivity contribution in [3.63, 3.8) is 0 Å². The third kappa shape index (κ3) is 4.07. The fourth-order valence-electron chi connectivity index (χ4n) is 3.87. The van der Waals surface area contributed by atoms with Crippen LogP contribution >= 0.6 is 0 Å². The summed E-state index contributed by atoms with van der Waals surface area (Å²) in [5, 5.41) is 3.62. The molecule has 0 amide bonds. The Bertz CT molecular complexity index is 707. The highest BCUT2D eigenvalue weighted by Crippen LogP contribution is 2.34. The van der Waals surface area contributed by atoms with Crippen LogP contribution in [0.15, 0.2) is 48.5 Å². The van der Waals surface area contributed by atoms with Gasteiger partial charge in [0.1, 0.15) is 11.4 Å².